The van der Waals surface area contributed by atoms with E-state index in [1.54, 1.807) is 48.9 Å². The molecule has 7 nitrogen and oxygen atoms in total. The van der Waals surface area contributed by atoms with E-state index < -0.39 is 5.97 Å². The highest BCUT2D eigenvalue weighted by Gasteiger charge is 2.09. The molecule has 0 radical (unpaired) electrons. The molecule has 28 heavy (non-hydrogen) atoms. The number of nitrogens with zero attached hydrogens (tertiary/aromatic N) is 4. The van der Waals surface area contributed by atoms with Crippen LogP contribution in [-0.4, -0.2) is 31.0 Å². The first-order valence-corrected chi connectivity index (χ1v) is 9.21. The number of rotatable bonds is 6. The first-order valence-electron chi connectivity index (χ1n) is 8.33. The second-order valence-electron chi connectivity index (χ2n) is 5.78. The van der Waals surface area contributed by atoms with E-state index in [1.165, 1.54) is 11.3 Å². The van der Waals surface area contributed by atoms with Gasteiger partial charge in [-0.15, -0.1) is 11.3 Å². The lowest BCUT2D eigenvalue weighted by atomic mass is 10.1. The number of pyridine rings is 1. The number of benzene rings is 1. The minimum absolute atomic E-state index is 0.252. The molecule has 8 heteroatoms. The molecule has 4 rings (SSSR count). The van der Waals surface area contributed by atoms with Gasteiger partial charge in [-0.1, -0.05) is 12.1 Å². The fraction of sp³-hybridized carbons (Fsp3) is 0.0500. The van der Waals surface area contributed by atoms with E-state index in [0.29, 0.717) is 6.01 Å². The van der Waals surface area contributed by atoms with E-state index in [2.05, 4.69) is 19.9 Å². The van der Waals surface area contributed by atoms with Gasteiger partial charge in [-0.3, -0.25) is 4.98 Å². The van der Waals surface area contributed by atoms with Crippen molar-refractivity contribution in [2.75, 3.05) is 0 Å². The molecule has 0 saturated heterocycles. The number of hydrogen-bond donors (Lipinski definition) is 1. The van der Waals surface area contributed by atoms with E-state index >= 15 is 0 Å². The number of ether oxygens (including phenoxy) is 1. The molecular weight excluding hydrogens is 376 g/mol. The van der Waals surface area contributed by atoms with Crippen LogP contribution in [0.4, 0.5) is 0 Å². The van der Waals surface area contributed by atoms with Crippen LogP contribution in [-0.2, 0) is 6.61 Å². The molecule has 1 aromatic carbocycles. The average molecular weight is 390 g/mol. The van der Waals surface area contributed by atoms with Gasteiger partial charge >= 0.3 is 12.0 Å². The third-order valence-corrected chi connectivity index (χ3v) is 4.78. The normalized spacial score (nSPS) is 10.6. The highest BCUT2D eigenvalue weighted by molar-refractivity contribution is 7.13. The van der Waals surface area contributed by atoms with Gasteiger partial charge in [0.25, 0.3) is 0 Å². The smallest absolute Gasteiger partial charge is 0.335 e. The largest absolute Gasteiger partial charge is 0.478 e. The van der Waals surface area contributed by atoms with E-state index in [4.69, 9.17) is 9.84 Å². The number of aromatic carboxylic acids is 1. The summed E-state index contributed by atoms with van der Waals surface area (Å²) >= 11 is 1.50. The maximum absolute atomic E-state index is 11.0. The topological polar surface area (TPSA) is 98.1 Å². The summed E-state index contributed by atoms with van der Waals surface area (Å²) in [7, 11) is 0. The standard InChI is InChI=1S/C20H14N4O3S/c25-19(26)14-4-2-13(3-5-14)18-24-17(12-28-18)15-6-9-21-16(10-15)11-27-20-22-7-1-8-23-20/h1-10,12H,11H2,(H,25,26). The van der Waals surface area contributed by atoms with Gasteiger partial charge in [0, 0.05) is 35.1 Å². The van der Waals surface area contributed by atoms with Crippen molar-refractivity contribution in [3.05, 3.63) is 77.7 Å². The highest BCUT2D eigenvalue weighted by atomic mass is 32.1. The summed E-state index contributed by atoms with van der Waals surface area (Å²) in [5.41, 5.74) is 3.61. The van der Waals surface area contributed by atoms with Crippen LogP contribution in [0.25, 0.3) is 21.8 Å². The number of carbonyl (C=O) groups is 1. The van der Waals surface area contributed by atoms with Crippen molar-refractivity contribution in [1.82, 2.24) is 19.9 Å². The summed E-state index contributed by atoms with van der Waals surface area (Å²) in [5.74, 6) is -0.946. The predicted octanol–water partition coefficient (Wildman–Crippen LogP) is 3.94. The zero-order chi connectivity index (χ0) is 19.3. The van der Waals surface area contributed by atoms with Crippen LogP contribution in [0.1, 0.15) is 16.1 Å². The number of thiazole rings is 1. The zero-order valence-electron chi connectivity index (χ0n) is 14.5. The zero-order valence-corrected chi connectivity index (χ0v) is 15.3. The molecule has 0 amide bonds. The lowest BCUT2D eigenvalue weighted by Crippen LogP contribution is -2.01. The Balaban J connectivity index is 1.51. The van der Waals surface area contributed by atoms with Crippen molar-refractivity contribution in [3.8, 4) is 27.8 Å². The van der Waals surface area contributed by atoms with Gasteiger partial charge in [0.2, 0.25) is 0 Å². The first-order chi connectivity index (χ1) is 13.7. The maximum Gasteiger partial charge on any atom is 0.335 e. The SMILES string of the molecule is O=C(O)c1ccc(-c2nc(-c3ccnc(COc4ncccn4)c3)cs2)cc1. The molecule has 0 aliphatic heterocycles. The summed E-state index contributed by atoms with van der Waals surface area (Å²) in [6.45, 7) is 0.255. The van der Waals surface area contributed by atoms with Crippen molar-refractivity contribution >= 4 is 17.3 Å². The minimum atomic E-state index is -0.946. The van der Waals surface area contributed by atoms with Crippen LogP contribution in [0, 0.1) is 0 Å². The van der Waals surface area contributed by atoms with Crippen LogP contribution < -0.4 is 4.74 Å². The molecule has 3 aromatic heterocycles. The fourth-order valence-electron chi connectivity index (χ4n) is 2.51. The van der Waals surface area contributed by atoms with Gasteiger partial charge in [-0.25, -0.2) is 19.7 Å². The number of carboxylic acids is 1. The molecule has 4 aromatic rings. The second kappa shape index (κ2) is 7.93. The molecule has 0 spiro atoms. The lowest BCUT2D eigenvalue weighted by Gasteiger charge is -2.04. The van der Waals surface area contributed by atoms with Crippen molar-refractivity contribution in [3.63, 3.8) is 0 Å². The molecule has 0 atom stereocenters. The van der Waals surface area contributed by atoms with Gasteiger partial charge < -0.3 is 9.84 Å². The number of hydrogen-bond acceptors (Lipinski definition) is 7. The molecule has 3 heterocycles. The molecule has 1 N–H and O–H groups in total. The Morgan fingerprint density at radius 2 is 1.79 bits per heavy atom. The third kappa shape index (κ3) is 4.02. The second-order valence-corrected chi connectivity index (χ2v) is 6.63. The molecule has 0 aliphatic rings. The molecule has 0 fully saturated rings. The van der Waals surface area contributed by atoms with Crippen LogP contribution >= 0.6 is 11.3 Å². The van der Waals surface area contributed by atoms with Crippen molar-refractivity contribution in [2.24, 2.45) is 0 Å². The highest BCUT2D eigenvalue weighted by Crippen LogP contribution is 2.29. The fourth-order valence-corrected chi connectivity index (χ4v) is 3.34. The Morgan fingerprint density at radius 3 is 2.54 bits per heavy atom. The van der Waals surface area contributed by atoms with Crippen molar-refractivity contribution in [1.29, 1.82) is 0 Å². The summed E-state index contributed by atoms with van der Waals surface area (Å²) in [6, 6.07) is 12.5. The molecule has 0 aliphatic carbocycles. The van der Waals surface area contributed by atoms with Crippen LogP contribution in [0.15, 0.2) is 66.4 Å². The van der Waals surface area contributed by atoms with Gasteiger partial charge in [0.1, 0.15) is 11.6 Å². The number of aromatic nitrogens is 4. The lowest BCUT2D eigenvalue weighted by molar-refractivity contribution is 0.0697. The Hall–Kier alpha value is -3.65. The molecule has 138 valence electrons. The van der Waals surface area contributed by atoms with Gasteiger partial charge in [0.15, 0.2) is 0 Å². The van der Waals surface area contributed by atoms with Gasteiger partial charge in [0.05, 0.1) is 17.0 Å². The van der Waals surface area contributed by atoms with E-state index in [1.807, 2.05) is 17.5 Å². The monoisotopic (exact) mass is 390 g/mol. The molecule has 0 saturated carbocycles. The Kier molecular flexibility index (Phi) is 5.03. The average Bonchev–Trinajstić information content (AvgIpc) is 3.24. The summed E-state index contributed by atoms with van der Waals surface area (Å²) in [4.78, 5) is 28.0. The quantitative estimate of drug-likeness (QED) is 0.532. The Labute approximate surface area is 164 Å². The molecule has 0 bridgehead atoms. The van der Waals surface area contributed by atoms with Crippen LogP contribution in [0.5, 0.6) is 6.01 Å². The molecule has 0 unspecified atom stereocenters. The van der Waals surface area contributed by atoms with Gasteiger partial charge in [-0.05, 0) is 30.3 Å². The van der Waals surface area contributed by atoms with E-state index in [0.717, 1.165) is 27.5 Å². The maximum atomic E-state index is 11.0. The minimum Gasteiger partial charge on any atom is -0.478 e. The summed E-state index contributed by atoms with van der Waals surface area (Å²) < 4.78 is 5.54. The van der Waals surface area contributed by atoms with Crippen molar-refractivity contribution < 1.29 is 14.6 Å². The first kappa shape index (κ1) is 17.7. The van der Waals surface area contributed by atoms with Crippen LogP contribution in [0.3, 0.4) is 0 Å². The van der Waals surface area contributed by atoms with E-state index in [9.17, 15) is 4.79 Å². The molecular formula is C20H14N4O3S. The third-order valence-electron chi connectivity index (χ3n) is 3.89. The van der Waals surface area contributed by atoms with Crippen molar-refractivity contribution in [2.45, 2.75) is 6.61 Å². The number of carboxylic acid groups (broad SMARTS) is 1. The summed E-state index contributed by atoms with van der Waals surface area (Å²) in [6.07, 6.45) is 4.94. The summed E-state index contributed by atoms with van der Waals surface area (Å²) in [5, 5.41) is 11.8. The van der Waals surface area contributed by atoms with Gasteiger partial charge in [-0.2, -0.15) is 0 Å². The Morgan fingerprint density at radius 1 is 1.00 bits per heavy atom. The predicted molar refractivity (Wildman–Crippen MR) is 104 cm³/mol. The van der Waals surface area contributed by atoms with Crippen LogP contribution in [0.2, 0.25) is 0 Å². The van der Waals surface area contributed by atoms with E-state index in [-0.39, 0.29) is 12.2 Å². The Bertz CT molecular complexity index is 1100.